The molecule has 128 valence electrons. The molecule has 1 heterocycles. The monoisotopic (exact) mass is 319 g/mol. The molecule has 5 nitrogen and oxygen atoms in total. The molecule has 0 spiro atoms. The Labute approximate surface area is 139 Å². The van der Waals surface area contributed by atoms with Gasteiger partial charge in [0.15, 0.2) is 0 Å². The summed E-state index contributed by atoms with van der Waals surface area (Å²) in [6.07, 6.45) is 2.03. The molecule has 5 heteroatoms. The van der Waals surface area contributed by atoms with Gasteiger partial charge >= 0.3 is 6.03 Å². The topological polar surface area (TPSA) is 36.0 Å². The maximum Gasteiger partial charge on any atom is 0.319 e. The zero-order valence-electron chi connectivity index (χ0n) is 14.4. The third-order valence-corrected chi connectivity index (χ3v) is 4.17. The SMILES string of the molecule is CN(C)C(=O)N1CCN(CCCOCCc2ccccc2)CC1. The number of amides is 2. The first-order valence-electron chi connectivity index (χ1n) is 8.47. The zero-order valence-corrected chi connectivity index (χ0v) is 14.4. The van der Waals surface area contributed by atoms with Crippen LogP contribution in [0.15, 0.2) is 30.3 Å². The first-order chi connectivity index (χ1) is 11.2. The Morgan fingerprint density at radius 1 is 1.09 bits per heavy atom. The molecule has 0 atom stereocenters. The van der Waals surface area contributed by atoms with Gasteiger partial charge in [-0.1, -0.05) is 30.3 Å². The van der Waals surface area contributed by atoms with Crippen molar-refractivity contribution in [2.75, 3.05) is 60.0 Å². The first-order valence-corrected chi connectivity index (χ1v) is 8.47. The standard InChI is InChI=1S/C18H29N3O2/c1-19(2)18(22)21-13-11-20(12-14-21)10-6-15-23-16-9-17-7-4-3-5-8-17/h3-5,7-8H,6,9-16H2,1-2H3. The summed E-state index contributed by atoms with van der Waals surface area (Å²) in [4.78, 5) is 17.9. The van der Waals surface area contributed by atoms with E-state index in [0.29, 0.717) is 0 Å². The Bertz CT molecular complexity index is 457. The summed E-state index contributed by atoms with van der Waals surface area (Å²) < 4.78 is 5.72. The molecule has 23 heavy (non-hydrogen) atoms. The van der Waals surface area contributed by atoms with Crippen LogP contribution in [0.2, 0.25) is 0 Å². The highest BCUT2D eigenvalue weighted by Gasteiger charge is 2.21. The summed E-state index contributed by atoms with van der Waals surface area (Å²) in [5, 5.41) is 0. The molecular formula is C18H29N3O2. The van der Waals surface area contributed by atoms with Crippen molar-refractivity contribution in [2.24, 2.45) is 0 Å². The van der Waals surface area contributed by atoms with Gasteiger partial charge in [-0.3, -0.25) is 4.90 Å². The summed E-state index contributed by atoms with van der Waals surface area (Å²) in [7, 11) is 3.61. The van der Waals surface area contributed by atoms with Gasteiger partial charge in [-0.05, 0) is 18.4 Å². The number of nitrogens with zero attached hydrogens (tertiary/aromatic N) is 3. The number of piperazine rings is 1. The number of urea groups is 1. The van der Waals surface area contributed by atoms with E-state index in [1.807, 2.05) is 25.1 Å². The van der Waals surface area contributed by atoms with Crippen LogP contribution in [0.4, 0.5) is 4.79 Å². The van der Waals surface area contributed by atoms with Crippen LogP contribution in [-0.2, 0) is 11.2 Å². The molecule has 0 bridgehead atoms. The number of benzene rings is 1. The Hall–Kier alpha value is -1.59. The molecule has 1 fully saturated rings. The van der Waals surface area contributed by atoms with Crippen LogP contribution in [0.3, 0.4) is 0 Å². The maximum atomic E-state index is 11.9. The lowest BCUT2D eigenvalue weighted by molar-refractivity contribution is 0.101. The van der Waals surface area contributed by atoms with Crippen molar-refractivity contribution < 1.29 is 9.53 Å². The summed E-state index contributed by atoms with van der Waals surface area (Å²) in [5.74, 6) is 0. The van der Waals surface area contributed by atoms with Crippen molar-refractivity contribution in [1.82, 2.24) is 14.7 Å². The normalized spacial score (nSPS) is 15.7. The molecular weight excluding hydrogens is 290 g/mol. The number of carbonyl (C=O) groups is 1. The van der Waals surface area contributed by atoms with E-state index in [2.05, 4.69) is 29.2 Å². The average Bonchev–Trinajstić information content (AvgIpc) is 2.58. The molecule has 2 amide bonds. The van der Waals surface area contributed by atoms with E-state index in [1.165, 1.54) is 5.56 Å². The Balaban J connectivity index is 1.50. The number of rotatable bonds is 7. The van der Waals surface area contributed by atoms with E-state index >= 15 is 0 Å². The lowest BCUT2D eigenvalue weighted by atomic mass is 10.2. The van der Waals surface area contributed by atoms with Gasteiger partial charge in [-0.15, -0.1) is 0 Å². The highest BCUT2D eigenvalue weighted by Crippen LogP contribution is 2.05. The van der Waals surface area contributed by atoms with Crippen molar-refractivity contribution in [3.05, 3.63) is 35.9 Å². The lowest BCUT2D eigenvalue weighted by Crippen LogP contribution is -2.51. The highest BCUT2D eigenvalue weighted by molar-refractivity contribution is 5.73. The van der Waals surface area contributed by atoms with E-state index in [-0.39, 0.29) is 6.03 Å². The third kappa shape index (κ3) is 6.20. The molecule has 0 aliphatic carbocycles. The second-order valence-corrected chi connectivity index (χ2v) is 6.21. The fourth-order valence-corrected chi connectivity index (χ4v) is 2.77. The van der Waals surface area contributed by atoms with Crippen LogP contribution in [0.25, 0.3) is 0 Å². The van der Waals surface area contributed by atoms with Crippen LogP contribution in [-0.4, -0.2) is 80.8 Å². The Morgan fingerprint density at radius 3 is 2.43 bits per heavy atom. The van der Waals surface area contributed by atoms with Crippen LogP contribution < -0.4 is 0 Å². The van der Waals surface area contributed by atoms with Crippen molar-refractivity contribution in [2.45, 2.75) is 12.8 Å². The van der Waals surface area contributed by atoms with Crippen molar-refractivity contribution in [3.8, 4) is 0 Å². The number of ether oxygens (including phenoxy) is 1. The van der Waals surface area contributed by atoms with E-state index < -0.39 is 0 Å². The molecule has 0 aromatic heterocycles. The summed E-state index contributed by atoms with van der Waals surface area (Å²) in [5.41, 5.74) is 1.33. The molecule has 0 radical (unpaired) electrons. The molecule has 0 unspecified atom stereocenters. The summed E-state index contributed by atoms with van der Waals surface area (Å²) in [6, 6.07) is 10.6. The third-order valence-electron chi connectivity index (χ3n) is 4.17. The van der Waals surface area contributed by atoms with Crippen molar-refractivity contribution >= 4 is 6.03 Å². The zero-order chi connectivity index (χ0) is 16.5. The van der Waals surface area contributed by atoms with E-state index in [4.69, 9.17) is 4.74 Å². The fraction of sp³-hybridized carbons (Fsp3) is 0.611. The van der Waals surface area contributed by atoms with Gasteiger partial charge in [0.25, 0.3) is 0 Å². The number of hydrogen-bond donors (Lipinski definition) is 0. The van der Waals surface area contributed by atoms with Gasteiger partial charge in [-0.25, -0.2) is 4.79 Å². The van der Waals surface area contributed by atoms with Gasteiger partial charge in [0.05, 0.1) is 6.61 Å². The smallest absolute Gasteiger partial charge is 0.319 e. The molecule has 1 aliphatic rings. The van der Waals surface area contributed by atoms with Gasteiger partial charge in [0.1, 0.15) is 0 Å². The molecule has 1 aliphatic heterocycles. The number of hydrogen-bond acceptors (Lipinski definition) is 3. The average molecular weight is 319 g/mol. The maximum absolute atomic E-state index is 11.9. The van der Waals surface area contributed by atoms with Crippen molar-refractivity contribution in [1.29, 1.82) is 0 Å². The second-order valence-electron chi connectivity index (χ2n) is 6.21. The van der Waals surface area contributed by atoms with Gasteiger partial charge in [-0.2, -0.15) is 0 Å². The predicted octanol–water partition coefficient (Wildman–Crippen LogP) is 1.93. The summed E-state index contributed by atoms with van der Waals surface area (Å²) in [6.45, 7) is 6.22. The van der Waals surface area contributed by atoms with Gasteiger partial charge < -0.3 is 14.5 Å². The molecule has 0 saturated carbocycles. The van der Waals surface area contributed by atoms with E-state index in [0.717, 1.165) is 58.8 Å². The molecule has 2 rings (SSSR count). The minimum atomic E-state index is 0.119. The number of carbonyl (C=O) groups excluding carboxylic acids is 1. The first kappa shape index (κ1) is 17.8. The molecule has 0 N–H and O–H groups in total. The van der Waals surface area contributed by atoms with Gasteiger partial charge in [0.2, 0.25) is 0 Å². The van der Waals surface area contributed by atoms with Crippen molar-refractivity contribution in [3.63, 3.8) is 0 Å². The van der Waals surface area contributed by atoms with Crippen LogP contribution in [0.1, 0.15) is 12.0 Å². The fourth-order valence-electron chi connectivity index (χ4n) is 2.77. The largest absolute Gasteiger partial charge is 0.381 e. The minimum absolute atomic E-state index is 0.119. The molecule has 1 aromatic rings. The summed E-state index contributed by atoms with van der Waals surface area (Å²) >= 11 is 0. The Morgan fingerprint density at radius 2 is 1.78 bits per heavy atom. The Kier molecular flexibility index (Phi) is 7.36. The lowest BCUT2D eigenvalue weighted by Gasteiger charge is -2.35. The van der Waals surface area contributed by atoms with Gasteiger partial charge in [0, 0.05) is 53.4 Å². The van der Waals surface area contributed by atoms with E-state index in [1.54, 1.807) is 4.90 Å². The van der Waals surface area contributed by atoms with Crippen LogP contribution >= 0.6 is 0 Å². The van der Waals surface area contributed by atoms with Crippen LogP contribution in [0, 0.1) is 0 Å². The predicted molar refractivity (Wildman–Crippen MR) is 92.7 cm³/mol. The second kappa shape index (κ2) is 9.53. The van der Waals surface area contributed by atoms with E-state index in [9.17, 15) is 4.79 Å². The highest BCUT2D eigenvalue weighted by atomic mass is 16.5. The molecule has 1 saturated heterocycles. The van der Waals surface area contributed by atoms with Crippen LogP contribution in [0.5, 0.6) is 0 Å². The quantitative estimate of drug-likeness (QED) is 0.721. The minimum Gasteiger partial charge on any atom is -0.381 e. The molecule has 1 aromatic carbocycles.